The Morgan fingerprint density at radius 1 is 1.23 bits per heavy atom. The van der Waals surface area contributed by atoms with E-state index in [2.05, 4.69) is 31.0 Å². The Morgan fingerprint density at radius 3 is 2.57 bits per heavy atom. The van der Waals surface area contributed by atoms with Gasteiger partial charge in [-0.3, -0.25) is 4.79 Å². The minimum Gasteiger partial charge on any atom is -0.394 e. The van der Waals surface area contributed by atoms with E-state index in [0.29, 0.717) is 12.5 Å². The monoisotopic (exact) mass is 409 g/mol. The zero-order valence-electron chi connectivity index (χ0n) is 17.8. The van der Waals surface area contributed by atoms with Gasteiger partial charge in [-0.15, -0.1) is 0 Å². The van der Waals surface area contributed by atoms with Crippen LogP contribution < -0.4 is 5.32 Å². The molecule has 1 aromatic carbocycles. The number of urea groups is 1. The first kappa shape index (κ1) is 20.7. The van der Waals surface area contributed by atoms with Crippen LogP contribution in [0.2, 0.25) is 0 Å². The zero-order chi connectivity index (χ0) is 21.3. The summed E-state index contributed by atoms with van der Waals surface area (Å²) in [6.07, 6.45) is 4.34. The van der Waals surface area contributed by atoms with Gasteiger partial charge >= 0.3 is 6.03 Å². The van der Waals surface area contributed by atoms with Crippen LogP contribution >= 0.6 is 0 Å². The molecule has 6 heteroatoms. The quantitative estimate of drug-likeness (QED) is 0.753. The molecule has 1 saturated carbocycles. The summed E-state index contributed by atoms with van der Waals surface area (Å²) >= 11 is 0. The number of aliphatic hydroxyl groups is 1. The Hall–Kier alpha value is -2.52. The minimum atomic E-state index is -0.227. The van der Waals surface area contributed by atoms with Crippen LogP contribution in [0.4, 0.5) is 4.79 Å². The molecule has 2 heterocycles. The summed E-state index contributed by atoms with van der Waals surface area (Å²) in [6.45, 7) is 4.63. The van der Waals surface area contributed by atoms with Crippen LogP contribution in [0.25, 0.3) is 0 Å². The molecule has 3 fully saturated rings. The van der Waals surface area contributed by atoms with Gasteiger partial charge in [0.05, 0.1) is 18.7 Å². The summed E-state index contributed by atoms with van der Waals surface area (Å²) in [5, 5.41) is 13.0. The lowest BCUT2D eigenvalue weighted by atomic mass is 9.73. The molecule has 1 aliphatic carbocycles. The second-order valence-electron chi connectivity index (χ2n) is 9.00. The molecule has 3 aliphatic rings. The maximum atomic E-state index is 12.7. The Morgan fingerprint density at radius 2 is 1.93 bits per heavy atom. The van der Waals surface area contributed by atoms with Gasteiger partial charge in [0.2, 0.25) is 5.91 Å². The van der Waals surface area contributed by atoms with E-state index in [0.717, 1.165) is 36.8 Å². The smallest absolute Gasteiger partial charge is 0.318 e. The molecule has 1 aromatic rings. The SMILES string of the molecule is CC(C)C#Cc1ccc([C@@H]2[C@@H](CO)N3C(=O)CN(C(=O)NC4CCCC4)C[C@@H]23)cc1. The van der Waals surface area contributed by atoms with Crippen molar-refractivity contribution in [3.63, 3.8) is 0 Å². The number of hydrogen-bond acceptors (Lipinski definition) is 3. The van der Waals surface area contributed by atoms with Crippen molar-refractivity contribution in [3.05, 3.63) is 35.4 Å². The highest BCUT2D eigenvalue weighted by atomic mass is 16.3. The number of piperazine rings is 1. The summed E-state index contributed by atoms with van der Waals surface area (Å²) in [5.74, 6) is 6.59. The first-order chi connectivity index (χ1) is 14.5. The highest BCUT2D eigenvalue weighted by molar-refractivity contribution is 5.87. The molecule has 3 atom stereocenters. The third-order valence-corrected chi connectivity index (χ3v) is 6.52. The molecule has 0 radical (unpaired) electrons. The summed E-state index contributed by atoms with van der Waals surface area (Å²) in [6, 6.07) is 7.84. The van der Waals surface area contributed by atoms with Crippen molar-refractivity contribution in [1.82, 2.24) is 15.1 Å². The molecule has 30 heavy (non-hydrogen) atoms. The van der Waals surface area contributed by atoms with Gasteiger partial charge in [0.15, 0.2) is 0 Å². The molecule has 0 bridgehead atoms. The van der Waals surface area contributed by atoms with Gasteiger partial charge in [-0.25, -0.2) is 4.79 Å². The average molecular weight is 410 g/mol. The number of fused-ring (bicyclic) bond motifs is 1. The van der Waals surface area contributed by atoms with Crippen molar-refractivity contribution in [2.75, 3.05) is 19.7 Å². The van der Waals surface area contributed by atoms with Gasteiger partial charge in [-0.1, -0.05) is 50.7 Å². The van der Waals surface area contributed by atoms with E-state index in [1.54, 1.807) is 9.80 Å². The molecule has 0 unspecified atom stereocenters. The Kier molecular flexibility index (Phi) is 6.01. The molecule has 0 spiro atoms. The Bertz CT molecular complexity index is 849. The third-order valence-electron chi connectivity index (χ3n) is 6.52. The van der Waals surface area contributed by atoms with Crippen molar-refractivity contribution in [2.24, 2.45) is 5.92 Å². The standard InChI is InChI=1S/C24H31N3O3/c1-16(2)7-8-17-9-11-18(12-10-17)23-20-13-26(14-22(29)27(20)21(23)15-28)24(30)25-19-5-3-4-6-19/h9-12,16,19-21,23,28H,3-6,13-15H2,1-2H3,(H,25,30)/t20-,21+,23-/m0/s1. The van der Waals surface area contributed by atoms with Gasteiger partial charge in [-0.2, -0.15) is 0 Å². The number of nitrogens with zero attached hydrogens (tertiary/aromatic N) is 2. The van der Waals surface area contributed by atoms with Crippen LogP contribution in [0.1, 0.15) is 56.6 Å². The van der Waals surface area contributed by atoms with Crippen LogP contribution in [0.5, 0.6) is 0 Å². The molecule has 160 valence electrons. The Labute approximate surface area is 178 Å². The second-order valence-corrected chi connectivity index (χ2v) is 9.00. The van der Waals surface area contributed by atoms with Gasteiger partial charge in [0.25, 0.3) is 0 Å². The number of rotatable bonds is 3. The summed E-state index contributed by atoms with van der Waals surface area (Å²) in [4.78, 5) is 28.9. The zero-order valence-corrected chi connectivity index (χ0v) is 17.8. The fraction of sp³-hybridized carbons (Fsp3) is 0.583. The van der Waals surface area contributed by atoms with Crippen LogP contribution in [-0.2, 0) is 4.79 Å². The second kappa shape index (κ2) is 8.69. The first-order valence-corrected chi connectivity index (χ1v) is 11.1. The lowest BCUT2D eigenvalue weighted by molar-refractivity contribution is -0.159. The molecule has 2 aliphatic heterocycles. The number of aliphatic hydroxyl groups excluding tert-OH is 1. The highest BCUT2D eigenvalue weighted by Crippen LogP contribution is 2.42. The van der Waals surface area contributed by atoms with Crippen molar-refractivity contribution in [1.29, 1.82) is 0 Å². The molecule has 4 rings (SSSR count). The van der Waals surface area contributed by atoms with Gasteiger partial charge in [0.1, 0.15) is 6.54 Å². The van der Waals surface area contributed by atoms with Crippen molar-refractivity contribution in [2.45, 2.75) is 63.6 Å². The average Bonchev–Trinajstić information content (AvgIpc) is 3.21. The number of carbonyl (C=O) groups excluding carboxylic acids is 2. The number of benzene rings is 1. The molecule has 0 aromatic heterocycles. The predicted molar refractivity (Wildman–Crippen MR) is 115 cm³/mol. The molecule has 2 N–H and O–H groups in total. The largest absolute Gasteiger partial charge is 0.394 e. The fourth-order valence-corrected chi connectivity index (χ4v) is 5.01. The van der Waals surface area contributed by atoms with E-state index < -0.39 is 0 Å². The minimum absolute atomic E-state index is 0.0214. The predicted octanol–water partition coefficient (Wildman–Crippen LogP) is 2.32. The van der Waals surface area contributed by atoms with Crippen LogP contribution in [0.3, 0.4) is 0 Å². The van der Waals surface area contributed by atoms with E-state index in [1.807, 2.05) is 24.3 Å². The van der Waals surface area contributed by atoms with Crippen LogP contribution in [0, 0.1) is 17.8 Å². The van der Waals surface area contributed by atoms with Crippen molar-refractivity contribution >= 4 is 11.9 Å². The third kappa shape index (κ3) is 4.04. The van der Waals surface area contributed by atoms with Crippen LogP contribution in [0.15, 0.2) is 24.3 Å². The lowest BCUT2D eigenvalue weighted by Gasteiger charge is -2.58. The Balaban J connectivity index is 1.48. The molecule has 2 saturated heterocycles. The van der Waals surface area contributed by atoms with Crippen molar-refractivity contribution in [3.8, 4) is 11.8 Å². The molecular weight excluding hydrogens is 378 g/mol. The maximum absolute atomic E-state index is 12.7. The summed E-state index contributed by atoms with van der Waals surface area (Å²) < 4.78 is 0. The number of nitrogens with one attached hydrogen (secondary N) is 1. The summed E-state index contributed by atoms with van der Waals surface area (Å²) in [5.41, 5.74) is 2.04. The number of carbonyl (C=O) groups is 2. The molecular formula is C24H31N3O3. The van der Waals surface area contributed by atoms with E-state index in [1.165, 1.54) is 0 Å². The van der Waals surface area contributed by atoms with Gasteiger partial charge in [-0.05, 0) is 30.5 Å². The lowest BCUT2D eigenvalue weighted by Crippen LogP contribution is -2.74. The fourth-order valence-electron chi connectivity index (χ4n) is 5.01. The molecule has 3 amide bonds. The first-order valence-electron chi connectivity index (χ1n) is 11.1. The van der Waals surface area contributed by atoms with E-state index in [-0.39, 0.29) is 49.1 Å². The number of hydrogen-bond donors (Lipinski definition) is 2. The molecule has 6 nitrogen and oxygen atoms in total. The number of amides is 3. The topological polar surface area (TPSA) is 72.9 Å². The normalized spacial score (nSPS) is 26.1. The highest BCUT2D eigenvalue weighted by Gasteiger charge is 2.54. The maximum Gasteiger partial charge on any atom is 0.318 e. The van der Waals surface area contributed by atoms with Gasteiger partial charge < -0.3 is 20.2 Å². The van der Waals surface area contributed by atoms with Gasteiger partial charge in [0, 0.05) is 30.0 Å². The van der Waals surface area contributed by atoms with Crippen LogP contribution in [-0.4, -0.2) is 64.7 Å². The van der Waals surface area contributed by atoms with E-state index in [4.69, 9.17) is 0 Å². The summed E-state index contributed by atoms with van der Waals surface area (Å²) in [7, 11) is 0. The van der Waals surface area contributed by atoms with E-state index in [9.17, 15) is 14.7 Å². The van der Waals surface area contributed by atoms with E-state index >= 15 is 0 Å². The van der Waals surface area contributed by atoms with Crippen molar-refractivity contribution < 1.29 is 14.7 Å².